The van der Waals surface area contributed by atoms with Gasteiger partial charge in [0.05, 0.1) is 6.54 Å². The lowest BCUT2D eigenvalue weighted by atomic mass is 10.1. The van der Waals surface area contributed by atoms with Crippen LogP contribution < -0.4 is 19.8 Å². The first-order valence-corrected chi connectivity index (χ1v) is 11.1. The molecule has 7 nitrogen and oxygen atoms in total. The van der Waals surface area contributed by atoms with Gasteiger partial charge in [0.15, 0.2) is 17.0 Å². The molecule has 0 bridgehead atoms. The normalized spacial score (nSPS) is 12.6. The molecule has 0 saturated carbocycles. The molecule has 1 aliphatic heterocycles. The lowest BCUT2D eigenvalue weighted by Gasteiger charge is -2.04. The van der Waals surface area contributed by atoms with Gasteiger partial charge in [0.2, 0.25) is 24.1 Å². The number of rotatable bonds is 5. The van der Waals surface area contributed by atoms with E-state index in [1.807, 2.05) is 41.0 Å². The summed E-state index contributed by atoms with van der Waals surface area (Å²) in [5, 5.41) is 1.46. The SMILES string of the molecule is Nc1nc[n+](CCc2ccccc2Cl)c2nc(Sc3cc4c(cc3Br)OCO4)[nH]c12. The lowest BCUT2D eigenvalue weighted by molar-refractivity contribution is -0.675. The summed E-state index contributed by atoms with van der Waals surface area (Å²) in [6.45, 7) is 0.907. The third-order valence-corrected chi connectivity index (χ3v) is 6.97. The fourth-order valence-corrected chi connectivity index (χ4v) is 4.83. The first-order chi connectivity index (χ1) is 14.6. The van der Waals surface area contributed by atoms with Crippen LogP contribution in [0.4, 0.5) is 5.82 Å². The summed E-state index contributed by atoms with van der Waals surface area (Å²) in [6.07, 6.45) is 2.47. The van der Waals surface area contributed by atoms with Crippen molar-refractivity contribution in [1.82, 2.24) is 15.0 Å². The van der Waals surface area contributed by atoms with E-state index in [0.717, 1.165) is 37.8 Å². The Labute approximate surface area is 189 Å². The predicted molar refractivity (Wildman–Crippen MR) is 118 cm³/mol. The Morgan fingerprint density at radius 3 is 2.87 bits per heavy atom. The van der Waals surface area contributed by atoms with Crippen LogP contribution in [0.5, 0.6) is 11.5 Å². The van der Waals surface area contributed by atoms with Crippen LogP contribution in [0.25, 0.3) is 11.2 Å². The van der Waals surface area contributed by atoms with Crippen molar-refractivity contribution in [3.05, 3.63) is 57.8 Å². The molecule has 0 spiro atoms. The molecule has 0 fully saturated rings. The number of hydrogen-bond donors (Lipinski definition) is 2. The zero-order valence-corrected chi connectivity index (χ0v) is 18.7. The number of aryl methyl sites for hydroxylation is 2. The van der Waals surface area contributed by atoms with E-state index < -0.39 is 0 Å². The van der Waals surface area contributed by atoms with Gasteiger partial charge in [0, 0.05) is 20.8 Å². The summed E-state index contributed by atoms with van der Waals surface area (Å²) in [7, 11) is 0. The van der Waals surface area contributed by atoms with Crippen LogP contribution in [0.15, 0.2) is 57.3 Å². The van der Waals surface area contributed by atoms with Gasteiger partial charge in [-0.15, -0.1) is 0 Å². The maximum atomic E-state index is 6.29. The highest BCUT2D eigenvalue weighted by Gasteiger charge is 2.22. The Bertz CT molecular complexity index is 1270. The fourth-order valence-electron chi connectivity index (χ4n) is 3.22. The molecule has 0 aliphatic carbocycles. The van der Waals surface area contributed by atoms with E-state index in [2.05, 4.69) is 25.9 Å². The van der Waals surface area contributed by atoms with Crippen LogP contribution in [0, 0.1) is 0 Å². The Hall–Kier alpha value is -2.49. The molecule has 30 heavy (non-hydrogen) atoms. The summed E-state index contributed by atoms with van der Waals surface area (Å²) in [5.41, 5.74) is 8.62. The van der Waals surface area contributed by atoms with Gasteiger partial charge in [-0.3, -0.25) is 0 Å². The van der Waals surface area contributed by atoms with E-state index in [0.29, 0.717) is 28.8 Å². The summed E-state index contributed by atoms with van der Waals surface area (Å²) < 4.78 is 13.8. The number of benzene rings is 2. The molecule has 0 unspecified atom stereocenters. The van der Waals surface area contributed by atoms with E-state index >= 15 is 0 Å². The first-order valence-electron chi connectivity index (χ1n) is 9.12. The second-order valence-electron chi connectivity index (χ2n) is 6.64. The van der Waals surface area contributed by atoms with Gasteiger partial charge in [-0.1, -0.05) is 39.8 Å². The van der Waals surface area contributed by atoms with Gasteiger partial charge in [-0.2, -0.15) is 0 Å². The van der Waals surface area contributed by atoms with Crippen molar-refractivity contribution in [1.29, 1.82) is 0 Å². The molecule has 0 atom stereocenters. The maximum absolute atomic E-state index is 6.29. The number of H-pyrrole nitrogens is 1. The van der Waals surface area contributed by atoms with Crippen LogP contribution in [0.3, 0.4) is 0 Å². The Morgan fingerprint density at radius 1 is 1.23 bits per heavy atom. The largest absolute Gasteiger partial charge is 0.454 e. The van der Waals surface area contributed by atoms with Gasteiger partial charge in [-0.25, -0.2) is 4.57 Å². The fraction of sp³-hybridized carbons (Fsp3) is 0.150. The Morgan fingerprint density at radius 2 is 2.03 bits per heavy atom. The van der Waals surface area contributed by atoms with Gasteiger partial charge in [0.25, 0.3) is 5.65 Å². The Kier molecular flexibility index (Phi) is 5.18. The molecular formula is C20H16BrClN5O2S+. The number of fused-ring (bicyclic) bond motifs is 2. The molecule has 5 rings (SSSR count). The highest BCUT2D eigenvalue weighted by molar-refractivity contribution is 9.10. The molecule has 3 N–H and O–H groups in total. The highest BCUT2D eigenvalue weighted by atomic mass is 79.9. The van der Waals surface area contributed by atoms with Crippen LogP contribution >= 0.6 is 39.3 Å². The predicted octanol–water partition coefficient (Wildman–Crippen LogP) is 4.37. The van der Waals surface area contributed by atoms with Crippen molar-refractivity contribution >= 4 is 56.3 Å². The monoisotopic (exact) mass is 504 g/mol. The molecule has 10 heteroatoms. The van der Waals surface area contributed by atoms with E-state index in [4.69, 9.17) is 31.8 Å². The van der Waals surface area contributed by atoms with Crippen LogP contribution in [-0.2, 0) is 13.0 Å². The second-order valence-corrected chi connectivity index (χ2v) is 8.94. The summed E-state index contributed by atoms with van der Waals surface area (Å²) in [4.78, 5) is 13.3. The van der Waals surface area contributed by atoms with Crippen molar-refractivity contribution in [2.24, 2.45) is 0 Å². The van der Waals surface area contributed by atoms with E-state index in [1.165, 1.54) is 11.8 Å². The first kappa shape index (κ1) is 19.5. The number of nitrogen functional groups attached to an aromatic ring is 1. The number of hydrogen-bond acceptors (Lipinski definition) is 6. The molecule has 3 heterocycles. The molecule has 4 aromatic rings. The quantitative estimate of drug-likeness (QED) is 0.392. The summed E-state index contributed by atoms with van der Waals surface area (Å²) in [6, 6.07) is 11.6. The smallest absolute Gasteiger partial charge is 0.294 e. The summed E-state index contributed by atoms with van der Waals surface area (Å²) >= 11 is 11.3. The third kappa shape index (κ3) is 3.68. The minimum Gasteiger partial charge on any atom is -0.454 e. The highest BCUT2D eigenvalue weighted by Crippen LogP contribution is 2.42. The van der Waals surface area contributed by atoms with Crippen molar-refractivity contribution in [3.8, 4) is 11.5 Å². The molecule has 2 aromatic heterocycles. The van der Waals surface area contributed by atoms with Crippen LogP contribution in [0.1, 0.15) is 5.56 Å². The third-order valence-electron chi connectivity index (χ3n) is 4.74. The number of anilines is 1. The molecule has 0 amide bonds. The van der Waals surface area contributed by atoms with Crippen molar-refractivity contribution in [2.45, 2.75) is 23.0 Å². The zero-order chi connectivity index (χ0) is 20.7. The number of halogens is 2. The number of imidazole rings is 1. The van der Waals surface area contributed by atoms with E-state index in [-0.39, 0.29) is 6.79 Å². The average molecular weight is 506 g/mol. The van der Waals surface area contributed by atoms with Crippen molar-refractivity contribution < 1.29 is 14.0 Å². The second kappa shape index (κ2) is 7.98. The van der Waals surface area contributed by atoms with Crippen LogP contribution in [-0.4, -0.2) is 21.7 Å². The number of aromatic amines is 1. The average Bonchev–Trinajstić information content (AvgIpc) is 3.36. The summed E-state index contributed by atoms with van der Waals surface area (Å²) in [5.74, 6) is 1.84. The van der Waals surface area contributed by atoms with E-state index in [1.54, 1.807) is 6.33 Å². The van der Waals surface area contributed by atoms with Crippen molar-refractivity contribution in [3.63, 3.8) is 0 Å². The molecule has 0 radical (unpaired) electrons. The topological polar surface area (TPSA) is 89.9 Å². The standard InChI is InChI=1S/C20H15BrClN5O2S/c21-12-7-14-15(29-10-28-14)8-16(12)30-20-25-17-18(23)24-9-27(19(17)26-20)6-5-11-3-1-2-4-13(11)22/h1-4,7-9H,5-6,10H2,(H2,23,25,26)/p+1. The molecule has 152 valence electrons. The number of nitrogens with two attached hydrogens (primary N) is 1. The van der Waals surface area contributed by atoms with E-state index in [9.17, 15) is 0 Å². The minimum atomic E-state index is 0.230. The van der Waals surface area contributed by atoms with Crippen molar-refractivity contribution in [2.75, 3.05) is 12.5 Å². The number of nitrogens with zero attached hydrogens (tertiary/aromatic N) is 3. The maximum Gasteiger partial charge on any atom is 0.294 e. The van der Waals surface area contributed by atoms with Gasteiger partial charge in [0.1, 0.15) is 0 Å². The Balaban J connectivity index is 1.45. The van der Waals surface area contributed by atoms with Gasteiger partial charge >= 0.3 is 0 Å². The molecule has 2 aromatic carbocycles. The minimum absolute atomic E-state index is 0.230. The number of aromatic nitrogens is 4. The number of ether oxygens (including phenoxy) is 2. The zero-order valence-electron chi connectivity index (χ0n) is 15.6. The molecule has 1 aliphatic rings. The van der Waals surface area contributed by atoms with Crippen LogP contribution in [0.2, 0.25) is 5.02 Å². The number of nitrogens with one attached hydrogen (secondary N) is 1. The molecular weight excluding hydrogens is 490 g/mol. The van der Waals surface area contributed by atoms with Gasteiger partial charge < -0.3 is 20.2 Å². The molecule has 0 saturated heterocycles. The lowest BCUT2D eigenvalue weighted by Crippen LogP contribution is -2.36. The van der Waals surface area contributed by atoms with Gasteiger partial charge in [-0.05, 0) is 51.5 Å².